The molecule has 1 fully saturated rings. The second kappa shape index (κ2) is 6.05. The third-order valence-electron chi connectivity index (χ3n) is 4.18. The molecule has 0 saturated carbocycles. The molecule has 3 amide bonds. The van der Waals surface area contributed by atoms with E-state index in [1.165, 1.54) is 6.07 Å². The van der Waals surface area contributed by atoms with Gasteiger partial charge >= 0.3 is 0 Å². The molecule has 1 saturated heterocycles. The number of likely N-dealkylation sites (tertiary alicyclic amines) is 1. The predicted octanol–water partition coefficient (Wildman–Crippen LogP) is 1.45. The van der Waals surface area contributed by atoms with Gasteiger partial charge in [0, 0.05) is 5.69 Å². The third kappa shape index (κ3) is 2.86. The van der Waals surface area contributed by atoms with Crippen molar-refractivity contribution in [2.45, 2.75) is 12.8 Å². The standard InChI is InChI=1S/C17H15N3O3/c18-9-11-4-3-5-12(8-11)19-15(21)10-20-16(22)13-6-1-2-7-14(13)17(20)23/h1-5,8,13-14H,6-7,10H2,(H,19,21)/t13-,14-/m0/s1. The molecule has 0 radical (unpaired) electrons. The molecule has 0 unspecified atom stereocenters. The Morgan fingerprint density at radius 3 is 2.48 bits per heavy atom. The van der Waals surface area contributed by atoms with Crippen LogP contribution in [0.2, 0.25) is 0 Å². The molecule has 1 aliphatic heterocycles. The summed E-state index contributed by atoms with van der Waals surface area (Å²) in [7, 11) is 0. The third-order valence-corrected chi connectivity index (χ3v) is 4.18. The average Bonchev–Trinajstić information content (AvgIpc) is 2.80. The first kappa shape index (κ1) is 15.0. The molecule has 0 bridgehead atoms. The van der Waals surface area contributed by atoms with Gasteiger partial charge in [0.05, 0.1) is 23.5 Å². The first-order valence-electron chi connectivity index (χ1n) is 7.40. The van der Waals surface area contributed by atoms with Crippen molar-refractivity contribution >= 4 is 23.4 Å². The van der Waals surface area contributed by atoms with E-state index in [0.717, 1.165) is 4.90 Å². The fraction of sp³-hybridized carbons (Fsp3) is 0.294. The molecule has 2 aliphatic rings. The molecule has 6 nitrogen and oxygen atoms in total. The van der Waals surface area contributed by atoms with Crippen LogP contribution in [0.4, 0.5) is 5.69 Å². The van der Waals surface area contributed by atoms with E-state index < -0.39 is 5.91 Å². The van der Waals surface area contributed by atoms with Crippen molar-refractivity contribution in [2.24, 2.45) is 11.8 Å². The van der Waals surface area contributed by atoms with Crippen LogP contribution in [0.1, 0.15) is 18.4 Å². The number of allylic oxidation sites excluding steroid dienone is 2. The number of nitriles is 1. The van der Waals surface area contributed by atoms with Crippen LogP contribution < -0.4 is 5.32 Å². The van der Waals surface area contributed by atoms with E-state index in [1.54, 1.807) is 18.2 Å². The number of imide groups is 1. The highest BCUT2D eigenvalue weighted by Crippen LogP contribution is 2.34. The van der Waals surface area contributed by atoms with Gasteiger partial charge < -0.3 is 5.32 Å². The lowest BCUT2D eigenvalue weighted by atomic mass is 9.85. The van der Waals surface area contributed by atoms with Crippen LogP contribution in [-0.2, 0) is 14.4 Å². The molecule has 0 aromatic heterocycles. The summed E-state index contributed by atoms with van der Waals surface area (Å²) in [5.74, 6) is -1.66. The van der Waals surface area contributed by atoms with Crippen molar-refractivity contribution in [3.8, 4) is 6.07 Å². The first-order chi connectivity index (χ1) is 11.1. The molecule has 1 heterocycles. The minimum Gasteiger partial charge on any atom is -0.324 e. The number of hydrogen-bond acceptors (Lipinski definition) is 4. The number of carbonyl (C=O) groups is 3. The lowest BCUT2D eigenvalue weighted by Crippen LogP contribution is -2.38. The molecule has 1 aromatic rings. The van der Waals surface area contributed by atoms with Crippen LogP contribution in [0.3, 0.4) is 0 Å². The van der Waals surface area contributed by atoms with Crippen molar-refractivity contribution in [1.29, 1.82) is 5.26 Å². The topological polar surface area (TPSA) is 90.3 Å². The van der Waals surface area contributed by atoms with Gasteiger partial charge in [-0.25, -0.2) is 0 Å². The highest BCUT2D eigenvalue weighted by atomic mass is 16.2. The van der Waals surface area contributed by atoms with Gasteiger partial charge in [0.25, 0.3) is 0 Å². The van der Waals surface area contributed by atoms with Crippen molar-refractivity contribution in [3.05, 3.63) is 42.0 Å². The summed E-state index contributed by atoms with van der Waals surface area (Å²) < 4.78 is 0. The molecule has 3 rings (SSSR count). The Bertz CT molecular complexity index is 722. The smallest absolute Gasteiger partial charge is 0.244 e. The van der Waals surface area contributed by atoms with E-state index in [-0.39, 0.29) is 30.2 Å². The number of anilines is 1. The molecule has 1 N–H and O–H groups in total. The number of hydrogen-bond donors (Lipinski definition) is 1. The zero-order valence-corrected chi connectivity index (χ0v) is 12.4. The maximum absolute atomic E-state index is 12.3. The Morgan fingerprint density at radius 2 is 1.87 bits per heavy atom. The van der Waals surface area contributed by atoms with Crippen molar-refractivity contribution in [3.63, 3.8) is 0 Å². The van der Waals surface area contributed by atoms with E-state index in [9.17, 15) is 14.4 Å². The monoisotopic (exact) mass is 309 g/mol. The number of benzene rings is 1. The summed E-state index contributed by atoms with van der Waals surface area (Å²) in [6.07, 6.45) is 4.92. The summed E-state index contributed by atoms with van der Waals surface area (Å²) in [4.78, 5) is 37.7. The van der Waals surface area contributed by atoms with Gasteiger partial charge in [-0.15, -0.1) is 0 Å². The molecule has 1 aromatic carbocycles. The minimum atomic E-state index is -0.451. The molecule has 1 aliphatic carbocycles. The summed E-state index contributed by atoms with van der Waals surface area (Å²) in [5, 5.41) is 11.5. The predicted molar refractivity (Wildman–Crippen MR) is 81.9 cm³/mol. The van der Waals surface area contributed by atoms with Crippen molar-refractivity contribution < 1.29 is 14.4 Å². The average molecular weight is 309 g/mol. The second-order valence-corrected chi connectivity index (χ2v) is 5.66. The zero-order chi connectivity index (χ0) is 16.4. The molecular formula is C17H15N3O3. The quantitative estimate of drug-likeness (QED) is 0.676. The van der Waals surface area contributed by atoms with Crippen molar-refractivity contribution in [1.82, 2.24) is 4.90 Å². The van der Waals surface area contributed by atoms with Crippen LogP contribution in [0, 0.1) is 23.2 Å². The summed E-state index contributed by atoms with van der Waals surface area (Å²) >= 11 is 0. The minimum absolute atomic E-state index is 0.273. The SMILES string of the molecule is N#Cc1cccc(NC(=O)CN2C(=O)[C@H]3CC=CC[C@@H]3C2=O)c1. The Balaban J connectivity index is 1.67. The van der Waals surface area contributed by atoms with Crippen LogP contribution in [-0.4, -0.2) is 29.2 Å². The zero-order valence-electron chi connectivity index (χ0n) is 12.4. The Hall–Kier alpha value is -2.94. The van der Waals surface area contributed by atoms with Crippen LogP contribution in [0.25, 0.3) is 0 Å². The van der Waals surface area contributed by atoms with E-state index >= 15 is 0 Å². The number of rotatable bonds is 3. The fourth-order valence-electron chi connectivity index (χ4n) is 3.04. The maximum atomic E-state index is 12.3. The van der Waals surface area contributed by atoms with Gasteiger partial charge in [0.15, 0.2) is 0 Å². The maximum Gasteiger partial charge on any atom is 0.244 e. The molecule has 2 atom stereocenters. The molecule has 116 valence electrons. The van der Waals surface area contributed by atoms with E-state index in [4.69, 9.17) is 5.26 Å². The van der Waals surface area contributed by atoms with Crippen LogP contribution in [0.15, 0.2) is 36.4 Å². The Labute approximate surface area is 133 Å². The summed E-state index contributed by atoms with van der Waals surface area (Å²) in [6, 6.07) is 8.45. The van der Waals surface area contributed by atoms with Gasteiger partial charge in [-0.3, -0.25) is 19.3 Å². The van der Waals surface area contributed by atoms with Crippen molar-refractivity contribution in [2.75, 3.05) is 11.9 Å². The van der Waals surface area contributed by atoms with Gasteiger partial charge in [-0.1, -0.05) is 18.2 Å². The van der Waals surface area contributed by atoms with E-state index in [2.05, 4.69) is 5.32 Å². The van der Waals surface area contributed by atoms with E-state index in [1.807, 2.05) is 18.2 Å². The van der Waals surface area contributed by atoms with Gasteiger partial charge in [0.1, 0.15) is 6.54 Å². The van der Waals surface area contributed by atoms with E-state index in [0.29, 0.717) is 24.1 Å². The molecule has 23 heavy (non-hydrogen) atoms. The van der Waals surface area contributed by atoms with Crippen LogP contribution in [0.5, 0.6) is 0 Å². The summed E-state index contributed by atoms with van der Waals surface area (Å²) in [5.41, 5.74) is 0.889. The van der Waals surface area contributed by atoms with Crippen LogP contribution >= 0.6 is 0 Å². The number of carbonyl (C=O) groups excluding carboxylic acids is 3. The highest BCUT2D eigenvalue weighted by Gasteiger charge is 2.47. The van der Waals surface area contributed by atoms with Gasteiger partial charge in [0.2, 0.25) is 17.7 Å². The molecule has 6 heteroatoms. The van der Waals surface area contributed by atoms with Gasteiger partial charge in [-0.2, -0.15) is 5.26 Å². The highest BCUT2D eigenvalue weighted by molar-refractivity contribution is 6.08. The normalized spacial score (nSPS) is 22.7. The second-order valence-electron chi connectivity index (χ2n) is 5.66. The Kier molecular flexibility index (Phi) is 3.94. The fourth-order valence-corrected chi connectivity index (χ4v) is 3.04. The number of amides is 3. The van der Waals surface area contributed by atoms with Gasteiger partial charge in [-0.05, 0) is 31.0 Å². The number of nitrogens with one attached hydrogen (secondary N) is 1. The summed E-state index contributed by atoms with van der Waals surface area (Å²) in [6.45, 7) is -0.290. The lowest BCUT2D eigenvalue weighted by Gasteiger charge is -2.14. The first-order valence-corrected chi connectivity index (χ1v) is 7.40. The lowest BCUT2D eigenvalue weighted by molar-refractivity contribution is -0.142. The Morgan fingerprint density at radius 1 is 1.22 bits per heavy atom. The molecule has 0 spiro atoms. The number of nitrogens with zero attached hydrogens (tertiary/aromatic N) is 2. The largest absolute Gasteiger partial charge is 0.324 e. The molecular weight excluding hydrogens is 294 g/mol. The number of fused-ring (bicyclic) bond motifs is 1.